The predicted octanol–water partition coefficient (Wildman–Crippen LogP) is 1.50. The number of likely N-dealkylation sites (tertiary alicyclic amines) is 1. The van der Waals surface area contributed by atoms with Crippen LogP contribution in [-0.2, 0) is 0 Å². The van der Waals surface area contributed by atoms with Crippen molar-refractivity contribution in [3.63, 3.8) is 0 Å². The molecule has 0 unspecified atom stereocenters. The molecule has 0 spiro atoms. The van der Waals surface area contributed by atoms with Crippen LogP contribution in [0.3, 0.4) is 0 Å². The van der Waals surface area contributed by atoms with Crippen LogP contribution in [0.25, 0.3) is 0 Å². The SMILES string of the molecule is O=C(c1cn[nH]c1)N1C[C@H](O)C[C@H]1c1ccc(F)cc1. The number of aromatic nitrogens is 2. The topological polar surface area (TPSA) is 69.2 Å². The molecule has 1 aliphatic rings. The van der Waals surface area contributed by atoms with E-state index in [1.165, 1.54) is 24.5 Å². The lowest BCUT2D eigenvalue weighted by Crippen LogP contribution is -2.31. The van der Waals surface area contributed by atoms with Gasteiger partial charge in [-0.05, 0) is 24.1 Å². The zero-order chi connectivity index (χ0) is 14.1. The van der Waals surface area contributed by atoms with Crippen molar-refractivity contribution in [2.75, 3.05) is 6.54 Å². The first kappa shape index (κ1) is 12.8. The number of aromatic amines is 1. The van der Waals surface area contributed by atoms with Gasteiger partial charge in [0.25, 0.3) is 5.91 Å². The van der Waals surface area contributed by atoms with E-state index in [-0.39, 0.29) is 24.3 Å². The van der Waals surface area contributed by atoms with Crippen LogP contribution in [0.1, 0.15) is 28.4 Å². The third-order valence-corrected chi connectivity index (χ3v) is 3.54. The summed E-state index contributed by atoms with van der Waals surface area (Å²) in [6, 6.07) is 5.77. The Morgan fingerprint density at radius 2 is 2.15 bits per heavy atom. The number of β-amino-alcohol motifs (C(OH)–C–C–N with tert-alkyl or cyclic N) is 1. The smallest absolute Gasteiger partial charge is 0.257 e. The normalized spacial score (nSPS) is 22.2. The summed E-state index contributed by atoms with van der Waals surface area (Å²) in [5.41, 5.74) is 1.27. The molecule has 1 aromatic carbocycles. The molecule has 0 saturated carbocycles. The molecule has 1 saturated heterocycles. The van der Waals surface area contributed by atoms with Gasteiger partial charge in [0, 0.05) is 12.7 Å². The minimum absolute atomic E-state index is 0.190. The summed E-state index contributed by atoms with van der Waals surface area (Å²) in [6.45, 7) is 0.270. The molecule has 0 bridgehead atoms. The number of aliphatic hydroxyl groups is 1. The van der Waals surface area contributed by atoms with E-state index in [0.29, 0.717) is 12.0 Å². The van der Waals surface area contributed by atoms with Gasteiger partial charge < -0.3 is 10.0 Å². The Balaban J connectivity index is 1.89. The van der Waals surface area contributed by atoms with Crippen molar-refractivity contribution in [3.05, 3.63) is 53.6 Å². The summed E-state index contributed by atoms with van der Waals surface area (Å²) in [6.07, 6.45) is 2.86. The Morgan fingerprint density at radius 3 is 2.80 bits per heavy atom. The second-order valence-electron chi connectivity index (χ2n) is 4.90. The number of carbonyl (C=O) groups excluding carboxylic acids is 1. The summed E-state index contributed by atoms with van der Waals surface area (Å²) in [7, 11) is 0. The number of halogens is 1. The third kappa shape index (κ3) is 2.30. The molecular formula is C14H14FN3O2. The lowest BCUT2D eigenvalue weighted by molar-refractivity contribution is 0.0716. The molecule has 2 atom stereocenters. The molecule has 1 fully saturated rings. The fourth-order valence-electron chi connectivity index (χ4n) is 2.57. The summed E-state index contributed by atoms with van der Waals surface area (Å²) in [4.78, 5) is 14.0. The fourth-order valence-corrected chi connectivity index (χ4v) is 2.57. The summed E-state index contributed by atoms with van der Waals surface area (Å²) in [5.74, 6) is -0.510. The molecule has 6 heteroatoms. The van der Waals surface area contributed by atoms with E-state index >= 15 is 0 Å². The first-order valence-electron chi connectivity index (χ1n) is 6.38. The second kappa shape index (κ2) is 5.05. The van der Waals surface area contributed by atoms with Crippen molar-refractivity contribution >= 4 is 5.91 Å². The second-order valence-corrected chi connectivity index (χ2v) is 4.90. The van der Waals surface area contributed by atoms with Gasteiger partial charge in [-0.1, -0.05) is 12.1 Å². The Kier molecular flexibility index (Phi) is 3.23. The molecule has 1 amide bonds. The number of nitrogens with one attached hydrogen (secondary N) is 1. The first-order valence-corrected chi connectivity index (χ1v) is 6.38. The Bertz CT molecular complexity index is 597. The van der Waals surface area contributed by atoms with Crippen LogP contribution >= 0.6 is 0 Å². The van der Waals surface area contributed by atoms with Gasteiger partial charge in [0.2, 0.25) is 0 Å². The van der Waals surface area contributed by atoms with Crippen molar-refractivity contribution in [2.45, 2.75) is 18.6 Å². The van der Waals surface area contributed by atoms with Gasteiger partial charge >= 0.3 is 0 Å². The van der Waals surface area contributed by atoms with E-state index in [2.05, 4.69) is 10.2 Å². The van der Waals surface area contributed by atoms with Gasteiger partial charge in [0.15, 0.2) is 0 Å². The van der Waals surface area contributed by atoms with Crippen LogP contribution in [0.15, 0.2) is 36.7 Å². The molecule has 0 aliphatic carbocycles. The summed E-state index contributed by atoms with van der Waals surface area (Å²) in [5, 5.41) is 16.2. The molecule has 2 aromatic rings. The van der Waals surface area contributed by atoms with Crippen LogP contribution in [0, 0.1) is 5.82 Å². The molecule has 20 heavy (non-hydrogen) atoms. The molecule has 1 aromatic heterocycles. The average molecular weight is 275 g/mol. The number of benzene rings is 1. The van der Waals surface area contributed by atoms with Crippen LogP contribution in [0.4, 0.5) is 4.39 Å². The number of amides is 1. The zero-order valence-electron chi connectivity index (χ0n) is 10.7. The number of rotatable bonds is 2. The summed E-state index contributed by atoms with van der Waals surface area (Å²) < 4.78 is 13.0. The van der Waals surface area contributed by atoms with Crippen molar-refractivity contribution in [1.82, 2.24) is 15.1 Å². The number of nitrogens with zero attached hydrogens (tertiary/aromatic N) is 2. The quantitative estimate of drug-likeness (QED) is 0.872. The van der Waals surface area contributed by atoms with Crippen LogP contribution in [0.5, 0.6) is 0 Å². The number of carbonyl (C=O) groups is 1. The van der Waals surface area contributed by atoms with Gasteiger partial charge in [-0.15, -0.1) is 0 Å². The number of H-pyrrole nitrogens is 1. The molecule has 0 radical (unpaired) electrons. The number of hydrogen-bond donors (Lipinski definition) is 2. The van der Waals surface area contributed by atoms with Gasteiger partial charge in [-0.2, -0.15) is 5.10 Å². The number of hydrogen-bond acceptors (Lipinski definition) is 3. The first-order chi connectivity index (χ1) is 9.65. The highest BCUT2D eigenvalue weighted by Crippen LogP contribution is 2.33. The van der Waals surface area contributed by atoms with Crippen LogP contribution in [-0.4, -0.2) is 38.8 Å². The van der Waals surface area contributed by atoms with E-state index in [1.54, 1.807) is 17.0 Å². The van der Waals surface area contributed by atoms with E-state index < -0.39 is 6.10 Å². The average Bonchev–Trinajstić information content (AvgIpc) is 3.08. The molecule has 5 nitrogen and oxygen atoms in total. The fraction of sp³-hybridized carbons (Fsp3) is 0.286. The Labute approximate surface area is 115 Å². The van der Waals surface area contributed by atoms with Crippen molar-refractivity contribution in [1.29, 1.82) is 0 Å². The molecule has 3 rings (SSSR count). The van der Waals surface area contributed by atoms with Crippen molar-refractivity contribution < 1.29 is 14.3 Å². The standard InChI is InChI=1S/C14H14FN3O2/c15-11-3-1-9(2-4-11)13-5-12(19)8-18(13)14(20)10-6-16-17-7-10/h1-4,6-7,12-13,19H,5,8H2,(H,16,17)/t12-,13+/m1/s1. The Morgan fingerprint density at radius 1 is 1.40 bits per heavy atom. The van der Waals surface area contributed by atoms with E-state index in [9.17, 15) is 14.3 Å². The van der Waals surface area contributed by atoms with Gasteiger partial charge in [0.05, 0.1) is 23.9 Å². The minimum atomic E-state index is -0.569. The predicted molar refractivity (Wildman–Crippen MR) is 69.4 cm³/mol. The molecule has 2 N–H and O–H groups in total. The van der Waals surface area contributed by atoms with E-state index in [1.807, 2.05) is 0 Å². The highest BCUT2D eigenvalue weighted by molar-refractivity contribution is 5.94. The minimum Gasteiger partial charge on any atom is -0.391 e. The van der Waals surface area contributed by atoms with E-state index in [0.717, 1.165) is 5.56 Å². The maximum atomic E-state index is 13.0. The summed E-state index contributed by atoms with van der Waals surface area (Å²) >= 11 is 0. The Hall–Kier alpha value is -2.21. The molecule has 104 valence electrons. The largest absolute Gasteiger partial charge is 0.391 e. The lowest BCUT2D eigenvalue weighted by atomic mass is 10.0. The molecule has 1 aliphatic heterocycles. The van der Waals surface area contributed by atoms with E-state index in [4.69, 9.17) is 0 Å². The third-order valence-electron chi connectivity index (χ3n) is 3.54. The maximum Gasteiger partial charge on any atom is 0.257 e. The van der Waals surface area contributed by atoms with Gasteiger partial charge in [0.1, 0.15) is 5.82 Å². The monoisotopic (exact) mass is 275 g/mol. The zero-order valence-corrected chi connectivity index (χ0v) is 10.7. The van der Waals surface area contributed by atoms with Crippen molar-refractivity contribution in [2.24, 2.45) is 0 Å². The van der Waals surface area contributed by atoms with Gasteiger partial charge in [-0.3, -0.25) is 9.89 Å². The van der Waals surface area contributed by atoms with Crippen LogP contribution in [0.2, 0.25) is 0 Å². The van der Waals surface area contributed by atoms with Gasteiger partial charge in [-0.25, -0.2) is 4.39 Å². The maximum absolute atomic E-state index is 13.0. The highest BCUT2D eigenvalue weighted by atomic mass is 19.1. The molecular weight excluding hydrogens is 261 g/mol. The van der Waals surface area contributed by atoms with Crippen molar-refractivity contribution in [3.8, 4) is 0 Å². The number of aliphatic hydroxyl groups excluding tert-OH is 1. The highest BCUT2D eigenvalue weighted by Gasteiger charge is 2.35. The lowest BCUT2D eigenvalue weighted by Gasteiger charge is -2.24. The van der Waals surface area contributed by atoms with Crippen LogP contribution < -0.4 is 0 Å². The molecule has 2 heterocycles.